The first-order chi connectivity index (χ1) is 12.8. The van der Waals surface area contributed by atoms with Crippen molar-refractivity contribution in [3.63, 3.8) is 0 Å². The lowest BCUT2D eigenvalue weighted by atomic mass is 10.1. The molecule has 1 aromatic carbocycles. The Morgan fingerprint density at radius 3 is 1.31 bits per heavy atom. The zero-order valence-electron chi connectivity index (χ0n) is 14.5. The van der Waals surface area contributed by atoms with Crippen molar-refractivity contribution in [2.24, 2.45) is 0 Å². The average Bonchev–Trinajstić information content (AvgIpc) is 2.71. The number of benzene rings is 1. The smallest absolute Gasteiger partial charge is 0.177 e. The summed E-state index contributed by atoms with van der Waals surface area (Å²) in [6.45, 7) is 0. The minimum Gasteiger partial charge on any atom is -0.492 e. The summed E-state index contributed by atoms with van der Waals surface area (Å²) in [5.74, 6) is 13.6. The van der Waals surface area contributed by atoms with Crippen molar-refractivity contribution >= 4 is 0 Å². The summed E-state index contributed by atoms with van der Waals surface area (Å²) in [6.07, 6.45) is 6.83. The van der Waals surface area contributed by atoms with Crippen LogP contribution in [0.1, 0.15) is 22.3 Å². The molecule has 0 saturated carbocycles. The topological polar surface area (TPSA) is 44.2 Å². The number of methoxy groups -OCH3 is 2. The van der Waals surface area contributed by atoms with E-state index in [1.54, 1.807) is 39.0 Å². The molecule has 4 nitrogen and oxygen atoms in total. The number of nitrogens with zero attached hydrogens (tertiary/aromatic N) is 2. The molecule has 0 aliphatic carbocycles. The van der Waals surface area contributed by atoms with Crippen LogP contribution in [0.4, 0.5) is 0 Å². The minimum absolute atomic E-state index is 0.565. The molecule has 3 rings (SSSR count). The van der Waals surface area contributed by atoms with Gasteiger partial charge in [-0.3, -0.25) is 9.97 Å². The quantitative estimate of drug-likeness (QED) is 0.672. The second-order valence-corrected chi connectivity index (χ2v) is 5.20. The molecule has 0 bridgehead atoms. The van der Waals surface area contributed by atoms with Crippen LogP contribution in [0.15, 0.2) is 61.2 Å². The highest BCUT2D eigenvalue weighted by atomic mass is 16.5. The molecule has 2 heterocycles. The van der Waals surface area contributed by atoms with E-state index in [0.29, 0.717) is 11.5 Å². The molecular formula is C22H16N2O2. The zero-order valence-corrected chi connectivity index (χ0v) is 14.5. The first-order valence-corrected chi connectivity index (χ1v) is 7.91. The summed E-state index contributed by atoms with van der Waals surface area (Å²) in [7, 11) is 3.19. The summed E-state index contributed by atoms with van der Waals surface area (Å²) >= 11 is 0. The van der Waals surface area contributed by atoms with E-state index in [4.69, 9.17) is 9.47 Å². The van der Waals surface area contributed by atoms with Gasteiger partial charge in [0.25, 0.3) is 0 Å². The third-order valence-electron chi connectivity index (χ3n) is 3.56. The van der Waals surface area contributed by atoms with Crippen molar-refractivity contribution in [1.82, 2.24) is 9.97 Å². The highest BCUT2D eigenvalue weighted by molar-refractivity contribution is 5.63. The van der Waals surface area contributed by atoms with Gasteiger partial charge in [0.05, 0.1) is 25.3 Å². The first kappa shape index (κ1) is 17.1. The van der Waals surface area contributed by atoms with Gasteiger partial charge >= 0.3 is 0 Å². The van der Waals surface area contributed by atoms with Crippen LogP contribution in [-0.4, -0.2) is 24.2 Å². The molecule has 0 aliphatic rings. The van der Waals surface area contributed by atoms with E-state index in [9.17, 15) is 0 Å². The van der Waals surface area contributed by atoms with Gasteiger partial charge in [0.1, 0.15) is 0 Å². The Kier molecular flexibility index (Phi) is 5.50. The highest BCUT2D eigenvalue weighted by Crippen LogP contribution is 2.34. The van der Waals surface area contributed by atoms with Crippen molar-refractivity contribution in [3.8, 4) is 35.2 Å². The van der Waals surface area contributed by atoms with Gasteiger partial charge < -0.3 is 9.47 Å². The Morgan fingerprint density at radius 1 is 0.577 bits per heavy atom. The minimum atomic E-state index is 0.565. The van der Waals surface area contributed by atoms with Gasteiger partial charge in [-0.05, 0) is 36.4 Å². The van der Waals surface area contributed by atoms with Crippen molar-refractivity contribution in [2.45, 2.75) is 0 Å². The monoisotopic (exact) mass is 340 g/mol. The Labute approximate surface area is 152 Å². The number of hydrogen-bond acceptors (Lipinski definition) is 4. The fourth-order valence-electron chi connectivity index (χ4n) is 2.31. The van der Waals surface area contributed by atoms with Crippen LogP contribution in [0.25, 0.3) is 0 Å². The van der Waals surface area contributed by atoms with Crippen molar-refractivity contribution < 1.29 is 9.47 Å². The predicted octanol–water partition coefficient (Wildman–Crippen LogP) is 3.29. The number of ether oxygens (including phenoxy) is 2. The van der Waals surface area contributed by atoms with Gasteiger partial charge in [-0.15, -0.1) is 0 Å². The predicted molar refractivity (Wildman–Crippen MR) is 100.0 cm³/mol. The SMILES string of the molecule is COc1c(C#Cc2ccncc2)ccc(C#Cc2ccncc2)c1OC. The van der Waals surface area contributed by atoms with Crippen LogP contribution < -0.4 is 9.47 Å². The summed E-state index contributed by atoms with van der Waals surface area (Å²) in [4.78, 5) is 7.97. The standard InChI is InChI=1S/C22H16N2O2/c1-25-21-19(5-3-17-9-13-23-14-10-17)7-8-20(22(21)26-2)6-4-18-11-15-24-16-12-18/h7-16H,1-2H3. The molecule has 0 atom stereocenters. The molecule has 0 fully saturated rings. The van der Waals surface area contributed by atoms with Gasteiger partial charge in [-0.2, -0.15) is 0 Å². The average molecular weight is 340 g/mol. The van der Waals surface area contributed by atoms with Gasteiger partial charge in [0.2, 0.25) is 0 Å². The molecular weight excluding hydrogens is 324 g/mol. The fourth-order valence-corrected chi connectivity index (χ4v) is 2.31. The Morgan fingerprint density at radius 2 is 0.962 bits per heavy atom. The van der Waals surface area contributed by atoms with Crippen molar-refractivity contribution in [2.75, 3.05) is 14.2 Å². The first-order valence-electron chi connectivity index (χ1n) is 7.91. The van der Waals surface area contributed by atoms with Gasteiger partial charge in [0, 0.05) is 35.9 Å². The van der Waals surface area contributed by atoms with Crippen LogP contribution in [0.3, 0.4) is 0 Å². The van der Waals surface area contributed by atoms with E-state index in [2.05, 4.69) is 33.6 Å². The molecule has 126 valence electrons. The van der Waals surface area contributed by atoms with E-state index in [0.717, 1.165) is 22.3 Å². The molecule has 0 aliphatic heterocycles. The third-order valence-corrected chi connectivity index (χ3v) is 3.56. The van der Waals surface area contributed by atoms with Crippen LogP contribution in [0.5, 0.6) is 11.5 Å². The Hall–Kier alpha value is -3.76. The summed E-state index contributed by atoms with van der Waals surface area (Å²) < 4.78 is 11.1. The highest BCUT2D eigenvalue weighted by Gasteiger charge is 2.12. The molecule has 26 heavy (non-hydrogen) atoms. The van der Waals surface area contributed by atoms with E-state index in [-0.39, 0.29) is 0 Å². The normalized spacial score (nSPS) is 9.31. The Balaban J connectivity index is 2.00. The second kappa shape index (κ2) is 8.37. The van der Waals surface area contributed by atoms with Gasteiger partial charge in [-0.1, -0.05) is 23.7 Å². The molecule has 0 unspecified atom stereocenters. The maximum atomic E-state index is 5.53. The van der Waals surface area contributed by atoms with Crippen molar-refractivity contribution in [1.29, 1.82) is 0 Å². The lowest BCUT2D eigenvalue weighted by Crippen LogP contribution is -1.96. The van der Waals surface area contributed by atoms with Crippen molar-refractivity contribution in [3.05, 3.63) is 83.4 Å². The van der Waals surface area contributed by atoms with Crippen LogP contribution in [0.2, 0.25) is 0 Å². The van der Waals surface area contributed by atoms with Crippen LogP contribution in [-0.2, 0) is 0 Å². The fraction of sp³-hybridized carbons (Fsp3) is 0.0909. The van der Waals surface area contributed by atoms with Crippen LogP contribution in [0, 0.1) is 23.7 Å². The molecule has 0 spiro atoms. The third kappa shape index (κ3) is 4.01. The number of rotatable bonds is 2. The molecule has 0 N–H and O–H groups in total. The van der Waals surface area contributed by atoms with Crippen LogP contribution >= 0.6 is 0 Å². The van der Waals surface area contributed by atoms with E-state index < -0.39 is 0 Å². The van der Waals surface area contributed by atoms with Gasteiger partial charge in [0.15, 0.2) is 11.5 Å². The van der Waals surface area contributed by atoms with E-state index in [1.807, 2.05) is 36.4 Å². The largest absolute Gasteiger partial charge is 0.492 e. The van der Waals surface area contributed by atoms with Gasteiger partial charge in [-0.25, -0.2) is 0 Å². The number of pyridine rings is 2. The molecule has 4 heteroatoms. The number of aromatic nitrogens is 2. The second-order valence-electron chi connectivity index (χ2n) is 5.20. The molecule has 3 aromatic rings. The maximum absolute atomic E-state index is 5.53. The zero-order chi connectivity index (χ0) is 18.2. The molecule has 0 saturated heterocycles. The summed E-state index contributed by atoms with van der Waals surface area (Å²) in [6, 6.07) is 11.2. The van der Waals surface area contributed by atoms with E-state index in [1.165, 1.54) is 0 Å². The molecule has 2 aromatic heterocycles. The molecule has 0 radical (unpaired) electrons. The molecule has 0 amide bonds. The Bertz CT molecular complexity index is 924. The maximum Gasteiger partial charge on any atom is 0.177 e. The van der Waals surface area contributed by atoms with E-state index >= 15 is 0 Å². The summed E-state index contributed by atoms with van der Waals surface area (Å²) in [5.41, 5.74) is 3.22. The lowest BCUT2D eigenvalue weighted by molar-refractivity contribution is 0.353. The summed E-state index contributed by atoms with van der Waals surface area (Å²) in [5, 5.41) is 0. The lowest BCUT2D eigenvalue weighted by Gasteiger charge is -2.11. The number of hydrogen-bond donors (Lipinski definition) is 0.